The van der Waals surface area contributed by atoms with E-state index in [0.717, 1.165) is 50.6 Å². The van der Waals surface area contributed by atoms with Gasteiger partial charge in [0.15, 0.2) is 0 Å². The molecule has 132 valence electrons. The Bertz CT molecular complexity index is 701. The van der Waals surface area contributed by atoms with Crippen molar-refractivity contribution in [1.82, 2.24) is 9.88 Å². The highest BCUT2D eigenvalue weighted by molar-refractivity contribution is 5.28. The minimum atomic E-state index is -0.0516. The molecule has 1 aromatic heterocycles. The Morgan fingerprint density at radius 1 is 1.24 bits per heavy atom. The van der Waals surface area contributed by atoms with Crippen molar-refractivity contribution in [2.45, 2.75) is 31.1 Å². The molecule has 2 aliphatic rings. The van der Waals surface area contributed by atoms with Crippen molar-refractivity contribution < 1.29 is 14.2 Å². The topological polar surface area (TPSA) is 43.8 Å². The van der Waals surface area contributed by atoms with E-state index in [-0.39, 0.29) is 11.7 Å². The van der Waals surface area contributed by atoms with Crippen LogP contribution in [0.2, 0.25) is 0 Å². The zero-order chi connectivity index (χ0) is 17.1. The number of pyridine rings is 1. The van der Waals surface area contributed by atoms with Crippen LogP contribution in [0.3, 0.4) is 0 Å². The summed E-state index contributed by atoms with van der Waals surface area (Å²) in [6, 6.07) is 12.1. The Morgan fingerprint density at radius 2 is 2.12 bits per heavy atom. The van der Waals surface area contributed by atoms with Crippen LogP contribution in [0.5, 0.6) is 11.5 Å². The van der Waals surface area contributed by atoms with Gasteiger partial charge in [0, 0.05) is 38.7 Å². The van der Waals surface area contributed by atoms with E-state index in [9.17, 15) is 0 Å². The van der Waals surface area contributed by atoms with Crippen LogP contribution in [-0.4, -0.2) is 48.4 Å². The van der Waals surface area contributed by atoms with Gasteiger partial charge >= 0.3 is 0 Å². The van der Waals surface area contributed by atoms with E-state index in [1.165, 1.54) is 5.56 Å². The van der Waals surface area contributed by atoms with E-state index in [4.69, 9.17) is 14.2 Å². The van der Waals surface area contributed by atoms with Crippen LogP contribution in [0.15, 0.2) is 48.8 Å². The first-order valence-electron chi connectivity index (χ1n) is 8.81. The number of methoxy groups -OCH3 is 1. The van der Waals surface area contributed by atoms with Gasteiger partial charge in [-0.2, -0.15) is 0 Å². The largest absolute Gasteiger partial charge is 0.497 e. The maximum Gasteiger partial charge on any atom is 0.138 e. The van der Waals surface area contributed by atoms with Crippen molar-refractivity contribution in [3.63, 3.8) is 0 Å². The Morgan fingerprint density at radius 3 is 2.92 bits per heavy atom. The number of rotatable bonds is 5. The van der Waals surface area contributed by atoms with Crippen LogP contribution in [0.25, 0.3) is 0 Å². The summed E-state index contributed by atoms with van der Waals surface area (Å²) in [5, 5.41) is 0. The summed E-state index contributed by atoms with van der Waals surface area (Å²) in [5.41, 5.74) is 1.22. The van der Waals surface area contributed by atoms with Crippen molar-refractivity contribution in [2.75, 3.05) is 26.8 Å². The highest BCUT2D eigenvalue weighted by Crippen LogP contribution is 2.36. The predicted octanol–water partition coefficient (Wildman–Crippen LogP) is 2.90. The fraction of sp³-hybridized carbons (Fsp3) is 0.450. The normalized spacial score (nSPS) is 22.4. The molecule has 4 rings (SSSR count). The van der Waals surface area contributed by atoms with Crippen molar-refractivity contribution in [1.29, 1.82) is 0 Å². The van der Waals surface area contributed by atoms with E-state index in [0.29, 0.717) is 0 Å². The fourth-order valence-corrected chi connectivity index (χ4v) is 3.82. The van der Waals surface area contributed by atoms with E-state index in [1.807, 2.05) is 24.3 Å². The molecule has 1 atom stereocenters. The Kier molecular flexibility index (Phi) is 4.59. The lowest BCUT2D eigenvalue weighted by molar-refractivity contribution is -0.188. The lowest BCUT2D eigenvalue weighted by atomic mass is 9.84. The highest BCUT2D eigenvalue weighted by atomic mass is 16.5. The minimum absolute atomic E-state index is 0.0516. The number of ether oxygens (including phenoxy) is 3. The first-order valence-corrected chi connectivity index (χ1v) is 8.81. The van der Waals surface area contributed by atoms with Gasteiger partial charge in [0.05, 0.1) is 25.5 Å². The van der Waals surface area contributed by atoms with Gasteiger partial charge in [0.1, 0.15) is 17.6 Å². The van der Waals surface area contributed by atoms with Gasteiger partial charge in [-0.25, -0.2) is 0 Å². The summed E-state index contributed by atoms with van der Waals surface area (Å²) in [6.07, 6.45) is 5.62. The summed E-state index contributed by atoms with van der Waals surface area (Å²) in [6.45, 7) is 3.60. The lowest BCUT2D eigenvalue weighted by Crippen LogP contribution is -2.65. The summed E-state index contributed by atoms with van der Waals surface area (Å²) in [5.74, 6) is 1.75. The van der Waals surface area contributed by atoms with Gasteiger partial charge in [0.25, 0.3) is 0 Å². The Balaban J connectivity index is 1.32. The molecule has 3 heterocycles. The molecule has 25 heavy (non-hydrogen) atoms. The van der Waals surface area contributed by atoms with Gasteiger partial charge in [-0.1, -0.05) is 12.1 Å². The van der Waals surface area contributed by atoms with Gasteiger partial charge in [0.2, 0.25) is 0 Å². The molecule has 2 saturated heterocycles. The molecule has 5 nitrogen and oxygen atoms in total. The number of likely N-dealkylation sites (tertiary alicyclic amines) is 1. The van der Waals surface area contributed by atoms with E-state index < -0.39 is 0 Å². The minimum Gasteiger partial charge on any atom is -0.497 e. The highest BCUT2D eigenvalue weighted by Gasteiger charge is 2.48. The number of benzene rings is 1. The molecule has 0 bridgehead atoms. The van der Waals surface area contributed by atoms with Gasteiger partial charge in [-0.05, 0) is 29.8 Å². The second kappa shape index (κ2) is 7.02. The smallest absolute Gasteiger partial charge is 0.138 e. The summed E-state index contributed by atoms with van der Waals surface area (Å²) in [4.78, 5) is 6.54. The van der Waals surface area contributed by atoms with E-state index in [2.05, 4.69) is 22.0 Å². The second-order valence-corrected chi connectivity index (χ2v) is 6.95. The second-order valence-electron chi connectivity index (χ2n) is 6.95. The molecule has 0 N–H and O–H groups in total. The van der Waals surface area contributed by atoms with E-state index >= 15 is 0 Å². The third-order valence-corrected chi connectivity index (χ3v) is 4.95. The fourth-order valence-electron chi connectivity index (χ4n) is 3.82. The summed E-state index contributed by atoms with van der Waals surface area (Å²) < 4.78 is 17.5. The van der Waals surface area contributed by atoms with Crippen molar-refractivity contribution in [3.8, 4) is 11.5 Å². The maximum atomic E-state index is 6.12. The van der Waals surface area contributed by atoms with E-state index in [1.54, 1.807) is 19.5 Å². The molecule has 2 aromatic rings. The standard InChI is InChI=1S/C20H24N2O3/c1-23-17-5-2-4-16(10-17)13-22-14-20(15-22)11-18(7-9-24-20)25-19-6-3-8-21-12-19/h2-6,8,10,12,18H,7,9,11,13-15H2,1H3. The Hall–Kier alpha value is -2.11. The van der Waals surface area contributed by atoms with Crippen molar-refractivity contribution in [3.05, 3.63) is 54.4 Å². The number of hydrogen-bond acceptors (Lipinski definition) is 5. The lowest BCUT2D eigenvalue weighted by Gasteiger charge is -2.53. The first-order chi connectivity index (χ1) is 12.2. The van der Waals surface area contributed by atoms with Crippen LogP contribution < -0.4 is 9.47 Å². The monoisotopic (exact) mass is 340 g/mol. The molecule has 0 amide bonds. The summed E-state index contributed by atoms with van der Waals surface area (Å²) >= 11 is 0. The zero-order valence-electron chi connectivity index (χ0n) is 14.6. The van der Waals surface area contributed by atoms with Crippen LogP contribution in [0, 0.1) is 0 Å². The van der Waals surface area contributed by atoms with Crippen molar-refractivity contribution >= 4 is 0 Å². The molecule has 1 unspecified atom stereocenters. The van der Waals surface area contributed by atoms with Gasteiger partial charge in [-0.15, -0.1) is 0 Å². The molecule has 0 saturated carbocycles. The molecule has 2 fully saturated rings. The van der Waals surface area contributed by atoms with Crippen LogP contribution >= 0.6 is 0 Å². The SMILES string of the molecule is COc1cccc(CN2CC3(CC(Oc4cccnc4)CCO3)C2)c1. The van der Waals surface area contributed by atoms with Crippen molar-refractivity contribution in [2.24, 2.45) is 0 Å². The molecule has 0 aliphatic carbocycles. The average molecular weight is 340 g/mol. The number of hydrogen-bond donors (Lipinski definition) is 0. The molecule has 1 spiro atoms. The zero-order valence-corrected chi connectivity index (χ0v) is 14.6. The molecule has 5 heteroatoms. The van der Waals surface area contributed by atoms with Crippen LogP contribution in [-0.2, 0) is 11.3 Å². The molecule has 0 radical (unpaired) electrons. The Labute approximate surface area is 148 Å². The maximum absolute atomic E-state index is 6.12. The predicted molar refractivity (Wildman–Crippen MR) is 94.8 cm³/mol. The third-order valence-electron chi connectivity index (χ3n) is 4.95. The number of aromatic nitrogens is 1. The summed E-state index contributed by atoms with van der Waals surface area (Å²) in [7, 11) is 1.70. The van der Waals surface area contributed by atoms with Crippen LogP contribution in [0.4, 0.5) is 0 Å². The van der Waals surface area contributed by atoms with Gasteiger partial charge < -0.3 is 14.2 Å². The number of nitrogens with zero attached hydrogens (tertiary/aromatic N) is 2. The average Bonchev–Trinajstić information content (AvgIpc) is 2.62. The van der Waals surface area contributed by atoms with Gasteiger partial charge in [-0.3, -0.25) is 9.88 Å². The molecule has 1 aromatic carbocycles. The molecular weight excluding hydrogens is 316 g/mol. The quantitative estimate of drug-likeness (QED) is 0.837. The molecular formula is C20H24N2O3. The van der Waals surface area contributed by atoms with Crippen LogP contribution in [0.1, 0.15) is 18.4 Å². The first kappa shape index (κ1) is 16.4. The molecule has 2 aliphatic heterocycles. The third kappa shape index (κ3) is 3.78.